The van der Waals surface area contributed by atoms with Crippen LogP contribution in [-0.4, -0.2) is 4.57 Å². The lowest BCUT2D eigenvalue weighted by atomic mass is 9.69. The maximum Gasteiger partial charge on any atom is 0.418 e. The summed E-state index contributed by atoms with van der Waals surface area (Å²) in [5.41, 5.74) is 27.6. The van der Waals surface area contributed by atoms with Gasteiger partial charge in [-0.3, -0.25) is 0 Å². The quantitative estimate of drug-likeness (QED) is 0.150. The highest BCUT2D eigenvalue weighted by atomic mass is 19.4. The number of fused-ring (bicyclic) bond motifs is 3. The lowest BCUT2D eigenvalue weighted by Gasteiger charge is -2.35. The summed E-state index contributed by atoms with van der Waals surface area (Å²) in [5, 5.41) is 1.73. The summed E-state index contributed by atoms with van der Waals surface area (Å²) in [6.45, 7) is 84.4. The minimum Gasteiger partial charge on any atom is -0.309 e. The largest absolute Gasteiger partial charge is 0.418 e. The summed E-state index contributed by atoms with van der Waals surface area (Å²) in [7, 11) is 0. The molecule has 0 unspecified atom stereocenters. The van der Waals surface area contributed by atoms with Gasteiger partial charge in [0.2, 0.25) is 0 Å². The molecule has 0 amide bonds. The van der Waals surface area contributed by atoms with Crippen LogP contribution in [0.5, 0.6) is 0 Å². The van der Waals surface area contributed by atoms with Gasteiger partial charge in [0, 0.05) is 10.8 Å². The van der Waals surface area contributed by atoms with Crippen molar-refractivity contribution in [3.63, 3.8) is 0 Å². The lowest BCUT2D eigenvalue weighted by Crippen LogP contribution is -2.23. The number of halogens is 3. The number of aromatic nitrogens is 1. The van der Waals surface area contributed by atoms with Gasteiger partial charge in [0.15, 0.2) is 0 Å². The molecule has 0 saturated carbocycles. The Labute approximate surface area is 646 Å². The van der Waals surface area contributed by atoms with Crippen molar-refractivity contribution in [3.8, 4) is 72.4 Å². The van der Waals surface area contributed by atoms with Crippen LogP contribution in [-0.2, 0) is 71.2 Å². The predicted octanol–water partition coefficient (Wildman–Crippen LogP) is 31.4. The molecular formula is C103H132F3N. The van der Waals surface area contributed by atoms with E-state index in [9.17, 15) is 0 Å². The van der Waals surface area contributed by atoms with Crippen LogP contribution in [0.4, 0.5) is 13.2 Å². The number of hydrogen-bond donors (Lipinski definition) is 0. The van der Waals surface area contributed by atoms with Crippen molar-refractivity contribution in [3.05, 3.63) is 218 Å². The van der Waals surface area contributed by atoms with Gasteiger partial charge in [-0.2, -0.15) is 13.2 Å². The summed E-state index contributed by atoms with van der Waals surface area (Å²) >= 11 is 0. The summed E-state index contributed by atoms with van der Waals surface area (Å²) in [6, 6.07) is 53.7. The van der Waals surface area contributed by atoms with Crippen LogP contribution in [0, 0.1) is 0 Å². The van der Waals surface area contributed by atoms with Crippen molar-refractivity contribution in [2.45, 2.75) is 320 Å². The van der Waals surface area contributed by atoms with E-state index < -0.39 is 11.7 Å². The van der Waals surface area contributed by atoms with Crippen LogP contribution < -0.4 is 0 Å². The smallest absolute Gasteiger partial charge is 0.309 e. The fourth-order valence-corrected chi connectivity index (χ4v) is 16.0. The van der Waals surface area contributed by atoms with Crippen molar-refractivity contribution in [2.24, 2.45) is 0 Å². The Hall–Kier alpha value is -7.43. The van der Waals surface area contributed by atoms with Gasteiger partial charge in [0.25, 0.3) is 0 Å². The Morgan fingerprint density at radius 2 is 0.402 bits per heavy atom. The fourth-order valence-electron chi connectivity index (χ4n) is 16.0. The second kappa shape index (κ2) is 26.7. The average Bonchev–Trinajstić information content (AvgIpc) is 1.66. The van der Waals surface area contributed by atoms with Crippen LogP contribution in [0.25, 0.3) is 94.3 Å². The Morgan fingerprint density at radius 1 is 0.196 bits per heavy atom. The first-order valence-electron chi connectivity index (χ1n) is 39.6. The number of rotatable bonds is 7. The molecule has 4 heteroatoms. The first kappa shape index (κ1) is 82.1. The number of alkyl halides is 3. The van der Waals surface area contributed by atoms with Crippen LogP contribution in [0.1, 0.15) is 322 Å². The second-order valence-electron chi connectivity index (χ2n) is 44.2. The molecule has 0 N–H and O–H groups in total. The molecule has 0 aliphatic rings. The molecule has 0 spiro atoms. The molecule has 107 heavy (non-hydrogen) atoms. The van der Waals surface area contributed by atoms with Gasteiger partial charge in [-0.05, 0) is 271 Å². The third-order valence-corrected chi connectivity index (χ3v) is 22.4. The summed E-state index contributed by atoms with van der Waals surface area (Å²) in [4.78, 5) is 0. The van der Waals surface area contributed by atoms with Crippen LogP contribution in [0.15, 0.2) is 146 Å². The number of nitrogens with zero attached hydrogens (tertiary/aromatic N) is 1. The minimum atomic E-state index is -4.63. The first-order valence-corrected chi connectivity index (χ1v) is 39.6. The molecule has 0 atom stereocenters. The van der Waals surface area contributed by atoms with Gasteiger partial charge in [-0.25, -0.2) is 0 Å². The molecule has 0 aliphatic carbocycles. The number of benzene rings is 9. The van der Waals surface area contributed by atoms with E-state index in [1.54, 1.807) is 12.1 Å². The van der Waals surface area contributed by atoms with E-state index in [1.165, 1.54) is 101 Å². The van der Waals surface area contributed by atoms with Crippen molar-refractivity contribution in [1.82, 2.24) is 4.57 Å². The minimum absolute atomic E-state index is 0.0894. The second-order valence-corrected chi connectivity index (χ2v) is 44.2. The van der Waals surface area contributed by atoms with Gasteiger partial charge >= 0.3 is 6.18 Å². The molecule has 0 aliphatic heterocycles. The number of para-hydroxylation sites is 1. The maximum atomic E-state index is 15.8. The van der Waals surface area contributed by atoms with Crippen molar-refractivity contribution in [2.75, 3.05) is 0 Å². The Balaban J connectivity index is 1.42. The third-order valence-electron chi connectivity index (χ3n) is 22.4. The molecule has 9 aromatic carbocycles. The molecule has 570 valence electrons. The highest BCUT2D eigenvalue weighted by molar-refractivity contribution is 6.12. The topological polar surface area (TPSA) is 4.93 Å². The summed E-state index contributed by atoms with van der Waals surface area (Å²) < 4.78 is 49.4. The average molecular weight is 1440 g/mol. The normalized spacial score (nSPS) is 13.9. The molecule has 1 aromatic heterocycles. The molecule has 0 fully saturated rings. The van der Waals surface area contributed by atoms with E-state index in [1.807, 2.05) is 4.57 Å². The summed E-state index contributed by atoms with van der Waals surface area (Å²) in [5.74, 6) is 0. The van der Waals surface area contributed by atoms with Crippen LogP contribution in [0.2, 0.25) is 0 Å². The van der Waals surface area contributed by atoms with Gasteiger partial charge in [-0.1, -0.05) is 322 Å². The van der Waals surface area contributed by atoms with Crippen molar-refractivity contribution < 1.29 is 13.2 Å². The van der Waals surface area contributed by atoms with Gasteiger partial charge in [0.05, 0.1) is 22.3 Å². The van der Waals surface area contributed by atoms with E-state index >= 15 is 13.2 Å². The van der Waals surface area contributed by atoms with E-state index in [2.05, 4.69) is 371 Å². The zero-order valence-corrected chi connectivity index (χ0v) is 72.9. The Bertz CT molecular complexity index is 4430. The molecule has 10 rings (SSSR count). The molecule has 1 nitrogen and oxygen atoms in total. The predicted molar refractivity (Wildman–Crippen MR) is 463 cm³/mol. The molecule has 10 aromatic rings. The molecule has 0 radical (unpaired) electrons. The Morgan fingerprint density at radius 3 is 0.598 bits per heavy atom. The Kier molecular flexibility index (Phi) is 20.5. The van der Waals surface area contributed by atoms with Crippen LogP contribution >= 0.6 is 0 Å². The lowest BCUT2D eigenvalue weighted by molar-refractivity contribution is -0.137. The van der Waals surface area contributed by atoms with E-state index in [-0.39, 0.29) is 70.7 Å². The monoisotopic (exact) mass is 1440 g/mol. The zero-order chi connectivity index (χ0) is 80.4. The third kappa shape index (κ3) is 16.6. The van der Waals surface area contributed by atoms with Crippen molar-refractivity contribution >= 4 is 21.8 Å². The van der Waals surface area contributed by atoms with E-state index in [0.717, 1.165) is 55.3 Å². The van der Waals surface area contributed by atoms with Crippen molar-refractivity contribution in [1.29, 1.82) is 0 Å². The maximum absolute atomic E-state index is 15.8. The van der Waals surface area contributed by atoms with Crippen LogP contribution in [0.3, 0.4) is 0 Å². The highest BCUT2D eigenvalue weighted by Gasteiger charge is 2.39. The first-order chi connectivity index (χ1) is 48.3. The molecular weight excluding hydrogens is 1310 g/mol. The van der Waals surface area contributed by atoms with Gasteiger partial charge < -0.3 is 4.57 Å². The van der Waals surface area contributed by atoms with Gasteiger partial charge in [0.1, 0.15) is 0 Å². The van der Waals surface area contributed by atoms with Gasteiger partial charge in [-0.15, -0.1) is 0 Å². The number of hydrogen-bond acceptors (Lipinski definition) is 0. The standard InChI is InChI=1S/C103H132F3N/c1-91(2,3)69-53-76(95(13,14)15)87(77(54-69)96(16,17)18)65-45-63(46-66(49-65)88-78(97(19,20)21)55-70(92(4,5)6)56-79(88)98(22,23)24)61-41-43-84-73(51-61)74-52-62(42-44-85(74)107(84)86-40-38-37-39-75(86)103(104,105)106)64-47-67(89-80(99(25,26)27)57-71(93(7,8)9)58-81(89)100(28,29)30)50-68(48-64)90-82(101(31,32)33)59-72(94(10,11)12)60-83(90)102(34,35)36/h37-60H,1-36H3. The molecule has 0 bridgehead atoms. The summed E-state index contributed by atoms with van der Waals surface area (Å²) in [6.07, 6.45) is -4.63. The van der Waals surface area contributed by atoms with E-state index in [0.29, 0.717) is 11.0 Å². The molecule has 0 saturated heterocycles. The van der Waals surface area contributed by atoms with E-state index in [4.69, 9.17) is 0 Å². The highest BCUT2D eigenvalue weighted by Crippen LogP contribution is 2.54. The fraction of sp³-hybridized carbons (Fsp3) is 0.476. The molecule has 1 heterocycles. The SMILES string of the molecule is CC(C)(C)c1cc(C(C)(C)C)c(-c2cc(-c3ccc4c(c3)c3cc(-c5cc(-c6c(C(C)(C)C)cc(C(C)(C)C)cc6C(C)(C)C)cc(-c6c(C(C)(C)C)cc(C(C)(C)C)cc6C(C)(C)C)c5)ccc3n4-c3ccccc3C(F)(F)F)cc(-c3c(C(C)(C)C)cc(C(C)(C)C)cc3C(C)(C)C)c2)c(C(C)(C)C)c1. The zero-order valence-electron chi connectivity index (χ0n) is 72.9.